The van der Waals surface area contributed by atoms with Gasteiger partial charge in [0.25, 0.3) is 0 Å². The number of halogens is 3. The molecular weight excluding hydrogens is 391 g/mol. The van der Waals surface area contributed by atoms with Crippen molar-refractivity contribution in [3.05, 3.63) is 59.8 Å². The van der Waals surface area contributed by atoms with Crippen LogP contribution in [0, 0.1) is 0 Å². The second-order valence-electron chi connectivity index (χ2n) is 5.78. The van der Waals surface area contributed by atoms with Crippen molar-refractivity contribution in [3.8, 4) is 28.9 Å². The third kappa shape index (κ3) is 4.78. The average Bonchev–Trinajstić information content (AvgIpc) is 2.99. The van der Waals surface area contributed by atoms with Crippen molar-refractivity contribution in [3.63, 3.8) is 0 Å². The Hall–Kier alpha value is -3.69. The molecule has 0 aliphatic heterocycles. The Kier molecular flexibility index (Phi) is 5.62. The fourth-order valence-corrected chi connectivity index (χ4v) is 2.41. The zero-order valence-electron chi connectivity index (χ0n) is 15.3. The van der Waals surface area contributed by atoms with Gasteiger partial charge in [0.2, 0.25) is 5.88 Å². The van der Waals surface area contributed by atoms with E-state index in [0.29, 0.717) is 11.5 Å². The number of aryl methyl sites for hydroxylation is 1. The molecule has 0 atom stereocenters. The highest BCUT2D eigenvalue weighted by molar-refractivity contribution is 5.84. The summed E-state index contributed by atoms with van der Waals surface area (Å²) in [5.74, 6) is 1.22. The first-order chi connectivity index (χ1) is 13.8. The van der Waals surface area contributed by atoms with E-state index in [9.17, 15) is 18.3 Å². The van der Waals surface area contributed by atoms with Crippen LogP contribution in [0.15, 0.2) is 53.7 Å². The molecule has 152 valence electrons. The summed E-state index contributed by atoms with van der Waals surface area (Å²) in [5, 5.41) is 16.2. The highest BCUT2D eigenvalue weighted by atomic mass is 19.4. The van der Waals surface area contributed by atoms with Crippen LogP contribution in [0.2, 0.25) is 0 Å². The molecular formula is C19H16F3N3O4. The number of benzene rings is 2. The SMILES string of the molecule is CO/N=C\c1c(C(F)(F)F)nn(C)c1Oc1ccc(Oc2ccc(O)cc2)cc1. The summed E-state index contributed by atoms with van der Waals surface area (Å²) < 4.78 is 51.9. The number of aromatic hydroxyl groups is 1. The van der Waals surface area contributed by atoms with E-state index >= 15 is 0 Å². The van der Waals surface area contributed by atoms with E-state index in [4.69, 9.17) is 9.47 Å². The molecule has 0 aliphatic carbocycles. The van der Waals surface area contributed by atoms with Crippen molar-refractivity contribution in [2.75, 3.05) is 7.11 Å². The fraction of sp³-hybridized carbons (Fsp3) is 0.158. The van der Waals surface area contributed by atoms with Crippen LogP contribution in [0.25, 0.3) is 0 Å². The Bertz CT molecular complexity index is 997. The molecule has 0 radical (unpaired) electrons. The van der Waals surface area contributed by atoms with Crippen LogP contribution >= 0.6 is 0 Å². The van der Waals surface area contributed by atoms with E-state index < -0.39 is 11.9 Å². The first-order valence-electron chi connectivity index (χ1n) is 8.23. The van der Waals surface area contributed by atoms with E-state index in [2.05, 4.69) is 15.1 Å². The van der Waals surface area contributed by atoms with Gasteiger partial charge in [0.1, 0.15) is 30.1 Å². The number of phenols is 1. The zero-order valence-corrected chi connectivity index (χ0v) is 15.3. The van der Waals surface area contributed by atoms with E-state index in [1.165, 1.54) is 38.4 Å². The molecule has 0 aliphatic rings. The maximum absolute atomic E-state index is 13.2. The van der Waals surface area contributed by atoms with Crippen molar-refractivity contribution in [2.24, 2.45) is 12.2 Å². The number of ether oxygens (including phenoxy) is 2. The van der Waals surface area contributed by atoms with E-state index in [1.54, 1.807) is 24.3 Å². The standard InChI is InChI=1S/C19H16F3N3O4/c1-25-18(16(11-23-27-2)17(24-25)19(20,21)22)29-15-9-7-14(8-10-15)28-13-5-3-12(26)4-6-13/h3-11,26H,1-2H3/b23-11-. The molecule has 7 nitrogen and oxygen atoms in total. The van der Waals surface area contributed by atoms with Crippen molar-refractivity contribution in [1.29, 1.82) is 0 Å². The van der Waals surface area contributed by atoms with Gasteiger partial charge in [-0.2, -0.15) is 18.3 Å². The van der Waals surface area contributed by atoms with Crippen LogP contribution in [0.4, 0.5) is 13.2 Å². The van der Waals surface area contributed by atoms with Crippen LogP contribution in [0.1, 0.15) is 11.3 Å². The normalized spacial score (nSPS) is 11.6. The quantitative estimate of drug-likeness (QED) is 0.473. The molecule has 10 heteroatoms. The lowest BCUT2D eigenvalue weighted by Crippen LogP contribution is -2.09. The summed E-state index contributed by atoms with van der Waals surface area (Å²) in [5.41, 5.74) is -1.49. The Morgan fingerprint density at radius 1 is 0.966 bits per heavy atom. The highest BCUT2D eigenvalue weighted by Crippen LogP contribution is 2.36. The highest BCUT2D eigenvalue weighted by Gasteiger charge is 2.39. The summed E-state index contributed by atoms with van der Waals surface area (Å²) >= 11 is 0. The Balaban J connectivity index is 1.83. The first kappa shape index (κ1) is 20.1. The molecule has 0 fully saturated rings. The monoisotopic (exact) mass is 407 g/mol. The number of nitrogens with zero attached hydrogens (tertiary/aromatic N) is 3. The molecule has 0 spiro atoms. The zero-order chi connectivity index (χ0) is 21.0. The van der Waals surface area contributed by atoms with Crippen LogP contribution < -0.4 is 9.47 Å². The molecule has 3 rings (SSSR count). The number of hydrogen-bond acceptors (Lipinski definition) is 6. The molecule has 0 saturated carbocycles. The van der Waals surface area contributed by atoms with Gasteiger partial charge in [0, 0.05) is 7.05 Å². The van der Waals surface area contributed by atoms with Gasteiger partial charge >= 0.3 is 6.18 Å². The molecule has 3 aromatic rings. The van der Waals surface area contributed by atoms with Crippen molar-refractivity contribution in [1.82, 2.24) is 9.78 Å². The molecule has 0 saturated heterocycles. The predicted octanol–water partition coefficient (Wildman–Crippen LogP) is 4.71. The van der Waals surface area contributed by atoms with Gasteiger partial charge in [-0.05, 0) is 48.5 Å². The summed E-state index contributed by atoms with van der Waals surface area (Å²) in [4.78, 5) is 4.48. The lowest BCUT2D eigenvalue weighted by atomic mass is 10.2. The number of aromatic nitrogens is 2. The molecule has 0 bridgehead atoms. The van der Waals surface area contributed by atoms with Gasteiger partial charge in [-0.15, -0.1) is 0 Å². The molecule has 1 N–H and O–H groups in total. The minimum Gasteiger partial charge on any atom is -0.508 e. The van der Waals surface area contributed by atoms with Gasteiger partial charge < -0.3 is 19.4 Å². The Morgan fingerprint density at radius 3 is 2.00 bits per heavy atom. The van der Waals surface area contributed by atoms with Crippen LogP contribution in [0.3, 0.4) is 0 Å². The van der Waals surface area contributed by atoms with Gasteiger partial charge in [0.05, 0.1) is 11.8 Å². The first-order valence-corrected chi connectivity index (χ1v) is 8.23. The lowest BCUT2D eigenvalue weighted by molar-refractivity contribution is -0.141. The third-order valence-corrected chi connectivity index (χ3v) is 3.70. The molecule has 0 amide bonds. The van der Waals surface area contributed by atoms with E-state index in [1.807, 2.05) is 0 Å². The summed E-state index contributed by atoms with van der Waals surface area (Å²) in [6.45, 7) is 0. The van der Waals surface area contributed by atoms with Crippen molar-refractivity contribution < 1.29 is 32.6 Å². The second-order valence-corrected chi connectivity index (χ2v) is 5.78. The van der Waals surface area contributed by atoms with Gasteiger partial charge in [-0.1, -0.05) is 5.16 Å². The van der Waals surface area contributed by atoms with Gasteiger partial charge in [-0.3, -0.25) is 0 Å². The predicted molar refractivity (Wildman–Crippen MR) is 97.5 cm³/mol. The van der Waals surface area contributed by atoms with Crippen molar-refractivity contribution in [2.45, 2.75) is 6.18 Å². The Morgan fingerprint density at radius 2 is 1.48 bits per heavy atom. The average molecular weight is 407 g/mol. The van der Waals surface area contributed by atoms with Crippen LogP contribution in [-0.4, -0.2) is 28.2 Å². The van der Waals surface area contributed by atoms with Crippen LogP contribution in [-0.2, 0) is 18.1 Å². The number of hydrogen-bond donors (Lipinski definition) is 1. The summed E-state index contributed by atoms with van der Waals surface area (Å²) in [7, 11) is 2.55. The van der Waals surface area contributed by atoms with Gasteiger partial charge in [0.15, 0.2) is 5.69 Å². The lowest BCUT2D eigenvalue weighted by Gasteiger charge is -2.09. The molecule has 0 unspecified atom stereocenters. The second kappa shape index (κ2) is 8.13. The van der Waals surface area contributed by atoms with Gasteiger partial charge in [-0.25, -0.2) is 4.68 Å². The maximum atomic E-state index is 13.2. The number of alkyl halides is 3. The number of rotatable bonds is 6. The smallest absolute Gasteiger partial charge is 0.435 e. The molecule has 2 aromatic carbocycles. The van der Waals surface area contributed by atoms with Crippen LogP contribution in [0.5, 0.6) is 28.9 Å². The maximum Gasteiger partial charge on any atom is 0.435 e. The summed E-state index contributed by atoms with van der Waals surface area (Å²) in [6.07, 6.45) is -3.79. The van der Waals surface area contributed by atoms with E-state index in [0.717, 1.165) is 10.9 Å². The summed E-state index contributed by atoms with van der Waals surface area (Å²) in [6, 6.07) is 12.4. The minimum absolute atomic E-state index is 0.114. The van der Waals surface area contributed by atoms with E-state index in [-0.39, 0.29) is 22.9 Å². The molecule has 29 heavy (non-hydrogen) atoms. The molecule has 1 heterocycles. The topological polar surface area (TPSA) is 78.1 Å². The Labute approximate surface area is 163 Å². The number of phenolic OH excluding ortho intramolecular Hbond substituents is 1. The molecule has 1 aromatic heterocycles. The fourth-order valence-electron chi connectivity index (χ4n) is 2.41. The van der Waals surface area contributed by atoms with Crippen molar-refractivity contribution >= 4 is 6.21 Å². The third-order valence-electron chi connectivity index (χ3n) is 3.70. The largest absolute Gasteiger partial charge is 0.508 e. The number of oxime groups is 1. The minimum atomic E-state index is -4.68.